The maximum atomic E-state index is 12.2. The average Bonchev–Trinajstić information content (AvgIpc) is 3.20. The van der Waals surface area contributed by atoms with Crippen LogP contribution in [0.15, 0.2) is 24.3 Å². The van der Waals surface area contributed by atoms with Gasteiger partial charge in [-0.25, -0.2) is 4.98 Å². The molecule has 7 heteroatoms. The van der Waals surface area contributed by atoms with Crippen molar-refractivity contribution < 1.29 is 4.79 Å². The Morgan fingerprint density at radius 2 is 1.93 bits per heavy atom. The molecule has 4 rings (SSSR count). The number of rotatable bonds is 8. The molecule has 0 unspecified atom stereocenters. The standard InChI is InChI=1S/C22H30N6O/c1-2-3-7-14-23-20(29)13-12-19-25-26-22-21(27-15-8-4-9-16-27)24-17-10-5-6-11-18(17)28(19)22/h5-6,10-11H,2-4,7-9,12-16H2,1H3,(H,23,29). The predicted molar refractivity (Wildman–Crippen MR) is 115 cm³/mol. The highest BCUT2D eigenvalue weighted by Crippen LogP contribution is 2.27. The van der Waals surface area contributed by atoms with Crippen molar-refractivity contribution in [3.05, 3.63) is 30.1 Å². The summed E-state index contributed by atoms with van der Waals surface area (Å²) >= 11 is 0. The van der Waals surface area contributed by atoms with E-state index in [4.69, 9.17) is 4.98 Å². The first-order valence-electron chi connectivity index (χ1n) is 10.9. The lowest BCUT2D eigenvalue weighted by Crippen LogP contribution is -2.30. The summed E-state index contributed by atoms with van der Waals surface area (Å²) in [6.45, 7) is 4.92. The van der Waals surface area contributed by atoms with Crippen molar-refractivity contribution >= 4 is 28.4 Å². The fourth-order valence-corrected chi connectivity index (χ4v) is 4.02. The summed E-state index contributed by atoms with van der Waals surface area (Å²) in [7, 11) is 0. The number of carbonyl (C=O) groups excluding carboxylic acids is 1. The number of benzene rings is 1. The average molecular weight is 395 g/mol. The normalized spacial score (nSPS) is 14.6. The van der Waals surface area contributed by atoms with Gasteiger partial charge in [-0.05, 0) is 37.8 Å². The molecule has 29 heavy (non-hydrogen) atoms. The molecular weight excluding hydrogens is 364 g/mol. The van der Waals surface area contributed by atoms with Gasteiger partial charge in [-0.2, -0.15) is 0 Å². The van der Waals surface area contributed by atoms with E-state index in [0.29, 0.717) is 12.8 Å². The molecule has 1 saturated heterocycles. The van der Waals surface area contributed by atoms with Crippen LogP contribution in [-0.2, 0) is 11.2 Å². The lowest BCUT2D eigenvalue weighted by Gasteiger charge is -2.28. The Kier molecular flexibility index (Phi) is 6.22. The monoisotopic (exact) mass is 394 g/mol. The van der Waals surface area contributed by atoms with E-state index in [1.807, 2.05) is 24.3 Å². The van der Waals surface area contributed by atoms with Gasteiger partial charge in [0.15, 0.2) is 5.82 Å². The SMILES string of the molecule is CCCCCNC(=O)CCc1nnc2c(N3CCCCC3)nc3ccccc3n12. The predicted octanol–water partition coefficient (Wildman–Crippen LogP) is 3.51. The van der Waals surface area contributed by atoms with E-state index in [0.717, 1.165) is 67.2 Å². The van der Waals surface area contributed by atoms with Crippen molar-refractivity contribution in [2.75, 3.05) is 24.5 Å². The van der Waals surface area contributed by atoms with Gasteiger partial charge in [0.25, 0.3) is 0 Å². The van der Waals surface area contributed by atoms with Crippen molar-refractivity contribution in [3.63, 3.8) is 0 Å². The number of aromatic nitrogens is 4. The molecule has 0 atom stereocenters. The zero-order valence-electron chi connectivity index (χ0n) is 17.2. The van der Waals surface area contributed by atoms with E-state index in [-0.39, 0.29) is 5.91 Å². The number of nitrogens with zero attached hydrogens (tertiary/aromatic N) is 5. The van der Waals surface area contributed by atoms with Crippen molar-refractivity contribution in [1.82, 2.24) is 24.9 Å². The summed E-state index contributed by atoms with van der Waals surface area (Å²) in [5.41, 5.74) is 2.72. The first-order valence-corrected chi connectivity index (χ1v) is 10.9. The Balaban J connectivity index is 1.60. The van der Waals surface area contributed by atoms with Crippen molar-refractivity contribution in [2.24, 2.45) is 0 Å². The van der Waals surface area contributed by atoms with Crippen LogP contribution in [0.2, 0.25) is 0 Å². The quantitative estimate of drug-likeness (QED) is 0.592. The number of fused-ring (bicyclic) bond motifs is 3. The van der Waals surface area contributed by atoms with Gasteiger partial charge in [0.2, 0.25) is 11.6 Å². The van der Waals surface area contributed by atoms with Crippen LogP contribution < -0.4 is 10.2 Å². The molecule has 1 aromatic carbocycles. The van der Waals surface area contributed by atoms with Gasteiger partial charge in [0.05, 0.1) is 11.0 Å². The van der Waals surface area contributed by atoms with Gasteiger partial charge in [-0.3, -0.25) is 9.20 Å². The second-order valence-electron chi connectivity index (χ2n) is 7.80. The van der Waals surface area contributed by atoms with Crippen LogP contribution in [0.3, 0.4) is 0 Å². The Morgan fingerprint density at radius 3 is 2.76 bits per heavy atom. The second kappa shape index (κ2) is 9.20. The van der Waals surface area contributed by atoms with Gasteiger partial charge < -0.3 is 10.2 Å². The Hall–Kier alpha value is -2.70. The number of hydrogen-bond acceptors (Lipinski definition) is 5. The fraction of sp³-hybridized carbons (Fsp3) is 0.545. The van der Waals surface area contributed by atoms with Crippen LogP contribution in [0.5, 0.6) is 0 Å². The number of aryl methyl sites for hydroxylation is 1. The van der Waals surface area contributed by atoms with Crippen molar-refractivity contribution in [2.45, 2.75) is 58.3 Å². The maximum Gasteiger partial charge on any atom is 0.220 e. The van der Waals surface area contributed by atoms with Crippen LogP contribution in [0.1, 0.15) is 57.7 Å². The number of hydrogen-bond donors (Lipinski definition) is 1. The van der Waals surface area contributed by atoms with Crippen LogP contribution in [0.25, 0.3) is 16.7 Å². The molecule has 154 valence electrons. The minimum atomic E-state index is 0.0764. The molecule has 1 N–H and O–H groups in total. The van der Waals surface area contributed by atoms with E-state index in [1.165, 1.54) is 19.3 Å². The topological polar surface area (TPSA) is 75.4 Å². The summed E-state index contributed by atoms with van der Waals surface area (Å²) in [6, 6.07) is 8.10. The summed E-state index contributed by atoms with van der Waals surface area (Å²) in [4.78, 5) is 19.5. The lowest BCUT2D eigenvalue weighted by atomic mass is 10.1. The molecule has 0 aliphatic carbocycles. The molecule has 3 heterocycles. The molecule has 1 amide bonds. The Bertz CT molecular complexity index is 976. The summed E-state index contributed by atoms with van der Waals surface area (Å²) in [5.74, 6) is 1.80. The van der Waals surface area contributed by atoms with Crippen LogP contribution >= 0.6 is 0 Å². The molecule has 0 radical (unpaired) electrons. The summed E-state index contributed by atoms with van der Waals surface area (Å²) in [5, 5.41) is 11.9. The molecule has 7 nitrogen and oxygen atoms in total. The second-order valence-corrected chi connectivity index (χ2v) is 7.80. The van der Waals surface area contributed by atoms with E-state index < -0.39 is 0 Å². The van der Waals surface area contributed by atoms with E-state index >= 15 is 0 Å². The fourth-order valence-electron chi connectivity index (χ4n) is 4.02. The van der Waals surface area contributed by atoms with Gasteiger partial charge >= 0.3 is 0 Å². The van der Waals surface area contributed by atoms with Crippen molar-refractivity contribution in [3.8, 4) is 0 Å². The van der Waals surface area contributed by atoms with Gasteiger partial charge in [0.1, 0.15) is 5.82 Å². The third-order valence-electron chi connectivity index (χ3n) is 5.61. The van der Waals surface area contributed by atoms with E-state index in [9.17, 15) is 4.79 Å². The van der Waals surface area contributed by atoms with Gasteiger partial charge in [0, 0.05) is 32.5 Å². The highest BCUT2D eigenvalue weighted by molar-refractivity contribution is 5.83. The molecule has 1 aliphatic rings. The van der Waals surface area contributed by atoms with E-state index in [1.54, 1.807) is 0 Å². The molecular formula is C22H30N6O. The number of piperidine rings is 1. The highest BCUT2D eigenvalue weighted by Gasteiger charge is 2.21. The first kappa shape index (κ1) is 19.6. The lowest BCUT2D eigenvalue weighted by molar-refractivity contribution is -0.121. The third kappa shape index (κ3) is 4.33. The zero-order chi connectivity index (χ0) is 20.1. The molecule has 0 bridgehead atoms. The van der Waals surface area contributed by atoms with Crippen molar-refractivity contribution in [1.29, 1.82) is 0 Å². The molecule has 1 aliphatic heterocycles. The number of anilines is 1. The smallest absolute Gasteiger partial charge is 0.220 e. The van der Waals surface area contributed by atoms with E-state index in [2.05, 4.69) is 31.7 Å². The number of carbonyl (C=O) groups is 1. The minimum Gasteiger partial charge on any atom is -0.356 e. The Morgan fingerprint density at radius 1 is 1.10 bits per heavy atom. The third-order valence-corrected chi connectivity index (χ3v) is 5.61. The Labute approximate surface area is 171 Å². The zero-order valence-corrected chi connectivity index (χ0v) is 17.2. The maximum absolute atomic E-state index is 12.2. The molecule has 0 saturated carbocycles. The van der Waals surface area contributed by atoms with Gasteiger partial charge in [-0.15, -0.1) is 10.2 Å². The molecule has 3 aromatic rings. The molecule has 0 spiro atoms. The number of unbranched alkanes of at least 4 members (excludes halogenated alkanes) is 2. The number of para-hydroxylation sites is 2. The largest absolute Gasteiger partial charge is 0.356 e. The van der Waals surface area contributed by atoms with Crippen LogP contribution in [-0.4, -0.2) is 45.1 Å². The first-order chi connectivity index (χ1) is 14.3. The number of amides is 1. The minimum absolute atomic E-state index is 0.0764. The summed E-state index contributed by atoms with van der Waals surface area (Å²) < 4.78 is 2.09. The number of nitrogens with one attached hydrogen (secondary N) is 1. The van der Waals surface area contributed by atoms with Gasteiger partial charge in [-0.1, -0.05) is 31.9 Å². The highest BCUT2D eigenvalue weighted by atomic mass is 16.1. The van der Waals surface area contributed by atoms with Crippen LogP contribution in [0.4, 0.5) is 5.82 Å². The molecule has 2 aromatic heterocycles. The molecule has 1 fully saturated rings. The summed E-state index contributed by atoms with van der Waals surface area (Å²) in [6.07, 6.45) is 7.95. The van der Waals surface area contributed by atoms with Crippen LogP contribution in [0, 0.1) is 0 Å².